The van der Waals surface area contributed by atoms with Crippen LogP contribution in [0, 0.1) is 0 Å². The molecule has 1 aliphatic rings. The van der Waals surface area contributed by atoms with Gasteiger partial charge in [0.15, 0.2) is 0 Å². The van der Waals surface area contributed by atoms with Gasteiger partial charge in [0.05, 0.1) is 13.2 Å². The highest BCUT2D eigenvalue weighted by molar-refractivity contribution is 6.27. The molecule has 19 heavy (non-hydrogen) atoms. The molecule has 0 saturated carbocycles. The van der Waals surface area contributed by atoms with Crippen LogP contribution >= 0.6 is 0 Å². The lowest BCUT2D eigenvalue weighted by atomic mass is 10.4. The van der Waals surface area contributed by atoms with Crippen molar-refractivity contribution in [1.82, 2.24) is 10.2 Å². The van der Waals surface area contributed by atoms with E-state index in [0.717, 1.165) is 32.5 Å². The minimum absolute atomic E-state index is 0.216. The first kappa shape index (κ1) is 17.3. The number of carbonyl (C=O) groups is 3. The number of ether oxygens (including phenoxy) is 1. The Kier molecular flexibility index (Phi) is 9.37. The largest absolute Gasteiger partial charge is 0.473 e. The number of nitrogens with zero attached hydrogens (tertiary/aromatic N) is 1. The standard InChI is InChI=1S/C9H18N2O2.C2H2O4/c1-13-7-4-10-8-9(12)11-5-2-3-6-11;3-1(4)2(5)6/h10H,2-8H2,1H3;(H,3,4)(H,5,6). The molecule has 8 nitrogen and oxygen atoms in total. The van der Waals surface area contributed by atoms with E-state index >= 15 is 0 Å². The molecule has 110 valence electrons. The highest BCUT2D eigenvalue weighted by atomic mass is 16.5. The molecule has 1 heterocycles. The number of aliphatic carboxylic acids is 2. The summed E-state index contributed by atoms with van der Waals surface area (Å²) in [5.74, 6) is -3.43. The second-order valence-electron chi connectivity index (χ2n) is 3.87. The second-order valence-corrected chi connectivity index (χ2v) is 3.87. The van der Waals surface area contributed by atoms with Gasteiger partial charge in [0.25, 0.3) is 0 Å². The molecule has 0 aromatic rings. The Morgan fingerprint density at radius 3 is 2.11 bits per heavy atom. The lowest BCUT2D eigenvalue weighted by Crippen LogP contribution is -2.37. The molecular formula is C11H20N2O6. The van der Waals surface area contributed by atoms with Gasteiger partial charge >= 0.3 is 11.9 Å². The molecule has 1 aliphatic heterocycles. The van der Waals surface area contributed by atoms with Gasteiger partial charge in [0, 0.05) is 26.7 Å². The van der Waals surface area contributed by atoms with Gasteiger partial charge in [0.1, 0.15) is 0 Å². The fourth-order valence-electron chi connectivity index (χ4n) is 1.45. The van der Waals surface area contributed by atoms with Crippen molar-refractivity contribution in [1.29, 1.82) is 0 Å². The summed E-state index contributed by atoms with van der Waals surface area (Å²) >= 11 is 0. The smallest absolute Gasteiger partial charge is 0.414 e. The van der Waals surface area contributed by atoms with Crippen molar-refractivity contribution in [2.75, 3.05) is 39.9 Å². The van der Waals surface area contributed by atoms with Crippen LogP contribution in [0.1, 0.15) is 12.8 Å². The Labute approximate surface area is 111 Å². The van der Waals surface area contributed by atoms with Gasteiger partial charge in [-0.1, -0.05) is 0 Å². The quantitative estimate of drug-likeness (QED) is 0.435. The molecule has 0 radical (unpaired) electrons. The number of methoxy groups -OCH3 is 1. The van der Waals surface area contributed by atoms with Crippen molar-refractivity contribution in [3.8, 4) is 0 Å². The van der Waals surface area contributed by atoms with E-state index in [-0.39, 0.29) is 5.91 Å². The van der Waals surface area contributed by atoms with E-state index in [0.29, 0.717) is 13.2 Å². The summed E-state index contributed by atoms with van der Waals surface area (Å²) in [4.78, 5) is 31.5. The Bertz CT molecular complexity index is 290. The molecular weight excluding hydrogens is 256 g/mol. The van der Waals surface area contributed by atoms with Gasteiger partial charge < -0.3 is 25.2 Å². The molecule has 0 atom stereocenters. The fraction of sp³-hybridized carbons (Fsp3) is 0.727. The first-order valence-corrected chi connectivity index (χ1v) is 5.92. The van der Waals surface area contributed by atoms with Gasteiger partial charge in [-0.2, -0.15) is 0 Å². The maximum Gasteiger partial charge on any atom is 0.414 e. The molecule has 0 aliphatic carbocycles. The zero-order chi connectivity index (χ0) is 14.7. The third kappa shape index (κ3) is 8.97. The molecule has 1 saturated heterocycles. The first-order valence-electron chi connectivity index (χ1n) is 5.92. The van der Waals surface area contributed by atoms with E-state index < -0.39 is 11.9 Å². The number of hydrogen-bond donors (Lipinski definition) is 3. The summed E-state index contributed by atoms with van der Waals surface area (Å²) in [7, 11) is 1.66. The molecule has 0 bridgehead atoms. The number of nitrogens with one attached hydrogen (secondary N) is 1. The van der Waals surface area contributed by atoms with E-state index in [2.05, 4.69) is 5.32 Å². The highest BCUT2D eigenvalue weighted by Gasteiger charge is 2.16. The summed E-state index contributed by atoms with van der Waals surface area (Å²) in [6, 6.07) is 0. The van der Waals surface area contributed by atoms with Crippen molar-refractivity contribution < 1.29 is 29.3 Å². The van der Waals surface area contributed by atoms with Crippen molar-refractivity contribution in [2.45, 2.75) is 12.8 Å². The van der Waals surface area contributed by atoms with Crippen molar-refractivity contribution in [3.63, 3.8) is 0 Å². The van der Waals surface area contributed by atoms with Gasteiger partial charge in [-0.15, -0.1) is 0 Å². The second kappa shape index (κ2) is 10.3. The van der Waals surface area contributed by atoms with Gasteiger partial charge in [0.2, 0.25) is 5.91 Å². The summed E-state index contributed by atoms with van der Waals surface area (Å²) in [6.45, 7) is 3.72. The topological polar surface area (TPSA) is 116 Å². The number of amides is 1. The average Bonchev–Trinajstić information content (AvgIpc) is 2.89. The van der Waals surface area contributed by atoms with Crippen LogP contribution in [0.2, 0.25) is 0 Å². The molecule has 1 rings (SSSR count). The molecule has 0 spiro atoms. The lowest BCUT2D eigenvalue weighted by molar-refractivity contribution is -0.159. The summed E-state index contributed by atoms with van der Waals surface area (Å²) in [6.07, 6.45) is 2.31. The Balaban J connectivity index is 0.000000459. The van der Waals surface area contributed by atoms with Crippen molar-refractivity contribution in [2.24, 2.45) is 0 Å². The third-order valence-electron chi connectivity index (χ3n) is 2.40. The Morgan fingerprint density at radius 1 is 1.16 bits per heavy atom. The predicted molar refractivity (Wildman–Crippen MR) is 65.8 cm³/mol. The number of likely N-dealkylation sites (tertiary alicyclic amines) is 1. The zero-order valence-corrected chi connectivity index (χ0v) is 10.9. The van der Waals surface area contributed by atoms with Crippen LogP contribution in [0.25, 0.3) is 0 Å². The maximum absolute atomic E-state index is 11.4. The van der Waals surface area contributed by atoms with Crippen LogP contribution in [0.5, 0.6) is 0 Å². The predicted octanol–water partition coefficient (Wildman–Crippen LogP) is -1.000. The minimum atomic E-state index is -1.82. The molecule has 1 fully saturated rings. The van der Waals surface area contributed by atoms with E-state index in [1.54, 1.807) is 7.11 Å². The highest BCUT2D eigenvalue weighted by Crippen LogP contribution is 2.06. The monoisotopic (exact) mass is 276 g/mol. The number of hydrogen-bond acceptors (Lipinski definition) is 5. The number of rotatable bonds is 5. The van der Waals surface area contributed by atoms with Crippen LogP contribution in [0.15, 0.2) is 0 Å². The van der Waals surface area contributed by atoms with Crippen LogP contribution in [-0.2, 0) is 19.1 Å². The van der Waals surface area contributed by atoms with Gasteiger partial charge in [-0.05, 0) is 12.8 Å². The normalized spacial score (nSPS) is 13.6. The van der Waals surface area contributed by atoms with E-state index in [1.165, 1.54) is 0 Å². The van der Waals surface area contributed by atoms with Gasteiger partial charge in [-0.25, -0.2) is 9.59 Å². The average molecular weight is 276 g/mol. The Hall–Kier alpha value is -1.67. The molecule has 3 N–H and O–H groups in total. The zero-order valence-electron chi connectivity index (χ0n) is 10.9. The molecule has 0 unspecified atom stereocenters. The molecule has 1 amide bonds. The van der Waals surface area contributed by atoms with Crippen LogP contribution < -0.4 is 5.32 Å². The van der Waals surface area contributed by atoms with Crippen molar-refractivity contribution >= 4 is 17.8 Å². The summed E-state index contributed by atoms with van der Waals surface area (Å²) in [5.41, 5.74) is 0. The SMILES string of the molecule is COCCNCC(=O)N1CCCC1.O=C(O)C(=O)O. The number of carboxylic acid groups (broad SMARTS) is 2. The summed E-state index contributed by atoms with van der Waals surface area (Å²) in [5, 5.41) is 17.8. The van der Waals surface area contributed by atoms with Gasteiger partial charge in [-0.3, -0.25) is 4.79 Å². The van der Waals surface area contributed by atoms with Crippen LogP contribution in [0.4, 0.5) is 0 Å². The van der Waals surface area contributed by atoms with Crippen molar-refractivity contribution in [3.05, 3.63) is 0 Å². The minimum Gasteiger partial charge on any atom is -0.473 e. The number of carboxylic acids is 2. The van der Waals surface area contributed by atoms with Crippen LogP contribution in [0.3, 0.4) is 0 Å². The lowest BCUT2D eigenvalue weighted by Gasteiger charge is -2.15. The van der Waals surface area contributed by atoms with Crippen LogP contribution in [-0.4, -0.2) is 72.9 Å². The Morgan fingerprint density at radius 2 is 1.68 bits per heavy atom. The van der Waals surface area contributed by atoms with E-state index in [1.807, 2.05) is 4.90 Å². The molecule has 0 aromatic carbocycles. The summed E-state index contributed by atoms with van der Waals surface area (Å²) < 4.78 is 4.86. The third-order valence-corrected chi connectivity index (χ3v) is 2.40. The maximum atomic E-state index is 11.4. The molecule has 0 aromatic heterocycles. The molecule has 8 heteroatoms. The number of carbonyl (C=O) groups excluding carboxylic acids is 1. The first-order chi connectivity index (χ1) is 8.99. The van der Waals surface area contributed by atoms with E-state index in [4.69, 9.17) is 24.5 Å². The van der Waals surface area contributed by atoms with E-state index in [9.17, 15) is 4.79 Å². The fourth-order valence-corrected chi connectivity index (χ4v) is 1.45.